The summed E-state index contributed by atoms with van der Waals surface area (Å²) in [5.41, 5.74) is 3.89. The van der Waals surface area contributed by atoms with Crippen LogP contribution in [0.2, 0.25) is 0 Å². The number of hydrogen-bond donors (Lipinski definition) is 2. The molecule has 0 fully saturated rings. The summed E-state index contributed by atoms with van der Waals surface area (Å²) in [6, 6.07) is 0. The predicted molar refractivity (Wildman–Crippen MR) is 44.6 cm³/mol. The first-order valence-electron chi connectivity index (χ1n) is 4.08. The van der Waals surface area contributed by atoms with Gasteiger partial charge in [-0.2, -0.15) is 0 Å². The number of carboxylic acids is 1. The monoisotopic (exact) mass is 177 g/mol. The number of halogens is 1. The molecule has 3 N–H and O–H groups in total. The Morgan fingerprint density at radius 2 is 2.25 bits per heavy atom. The fraction of sp³-hybridized carbons (Fsp3) is 0.875. The van der Waals surface area contributed by atoms with Gasteiger partial charge in [-0.3, -0.25) is 4.79 Å². The molecule has 4 heteroatoms. The molecule has 2 unspecified atom stereocenters. The Balaban J connectivity index is 4.63. The van der Waals surface area contributed by atoms with Crippen LogP contribution in [0.25, 0.3) is 0 Å². The van der Waals surface area contributed by atoms with E-state index in [1.54, 1.807) is 0 Å². The summed E-state index contributed by atoms with van der Waals surface area (Å²) in [5, 5.41) is 8.81. The molecule has 0 heterocycles. The lowest BCUT2D eigenvalue weighted by molar-refractivity contribution is -0.152. The molecule has 0 aliphatic rings. The highest BCUT2D eigenvalue weighted by Crippen LogP contribution is 2.29. The lowest BCUT2D eigenvalue weighted by Crippen LogP contribution is -2.45. The molecule has 0 aromatic carbocycles. The van der Waals surface area contributed by atoms with Crippen LogP contribution < -0.4 is 5.73 Å². The van der Waals surface area contributed by atoms with E-state index in [-0.39, 0.29) is 13.0 Å². The molecule has 0 aromatic heterocycles. The van der Waals surface area contributed by atoms with E-state index in [0.717, 1.165) is 0 Å². The van der Waals surface area contributed by atoms with Crippen LogP contribution in [0.5, 0.6) is 0 Å². The van der Waals surface area contributed by atoms with Crippen molar-refractivity contribution in [1.82, 2.24) is 0 Å². The first-order chi connectivity index (χ1) is 5.51. The Bertz CT molecular complexity index is 161. The summed E-state index contributed by atoms with van der Waals surface area (Å²) in [6.07, 6.45) is -0.492. The second kappa shape index (κ2) is 4.40. The van der Waals surface area contributed by atoms with Crippen LogP contribution in [0, 0.1) is 5.41 Å². The third-order valence-corrected chi connectivity index (χ3v) is 2.25. The van der Waals surface area contributed by atoms with Crippen LogP contribution in [0.15, 0.2) is 0 Å². The topological polar surface area (TPSA) is 63.3 Å². The van der Waals surface area contributed by atoms with E-state index in [1.165, 1.54) is 6.92 Å². The Kier molecular flexibility index (Phi) is 4.17. The Morgan fingerprint density at radius 1 is 1.75 bits per heavy atom. The van der Waals surface area contributed by atoms with Crippen molar-refractivity contribution in [1.29, 1.82) is 0 Å². The summed E-state index contributed by atoms with van der Waals surface area (Å²) in [6.45, 7) is 2.92. The SMILES string of the molecule is CCCC(CN)(C(=O)O)C(C)F. The van der Waals surface area contributed by atoms with Crippen LogP contribution >= 0.6 is 0 Å². The fourth-order valence-electron chi connectivity index (χ4n) is 1.27. The van der Waals surface area contributed by atoms with Gasteiger partial charge in [-0.25, -0.2) is 4.39 Å². The van der Waals surface area contributed by atoms with E-state index >= 15 is 0 Å². The highest BCUT2D eigenvalue weighted by atomic mass is 19.1. The molecule has 2 atom stereocenters. The van der Waals surface area contributed by atoms with Gasteiger partial charge in [0.1, 0.15) is 11.6 Å². The molecular formula is C8H16FNO2. The zero-order valence-electron chi connectivity index (χ0n) is 7.51. The van der Waals surface area contributed by atoms with Crippen molar-refractivity contribution >= 4 is 5.97 Å². The number of rotatable bonds is 5. The maximum atomic E-state index is 13.0. The normalized spacial score (nSPS) is 18.3. The second-order valence-electron chi connectivity index (χ2n) is 3.03. The molecule has 0 saturated carbocycles. The highest BCUT2D eigenvalue weighted by Gasteiger charge is 2.42. The zero-order chi connectivity index (χ0) is 9.78. The first-order valence-corrected chi connectivity index (χ1v) is 4.08. The molecule has 0 spiro atoms. The second-order valence-corrected chi connectivity index (χ2v) is 3.03. The quantitative estimate of drug-likeness (QED) is 0.662. The van der Waals surface area contributed by atoms with Crippen LogP contribution in [-0.2, 0) is 4.79 Å². The number of nitrogens with two attached hydrogens (primary N) is 1. The summed E-state index contributed by atoms with van der Waals surface area (Å²) < 4.78 is 13.0. The minimum absolute atomic E-state index is 0.145. The van der Waals surface area contributed by atoms with Crippen molar-refractivity contribution < 1.29 is 14.3 Å². The predicted octanol–water partition coefficient (Wildman–Crippen LogP) is 1.17. The average molecular weight is 177 g/mol. The molecular weight excluding hydrogens is 161 g/mol. The molecule has 0 aliphatic heterocycles. The number of carbonyl (C=O) groups is 1. The number of carboxylic acid groups (broad SMARTS) is 1. The largest absolute Gasteiger partial charge is 0.481 e. The van der Waals surface area contributed by atoms with Crippen molar-refractivity contribution in [3.05, 3.63) is 0 Å². The highest BCUT2D eigenvalue weighted by molar-refractivity contribution is 5.75. The van der Waals surface area contributed by atoms with Crippen molar-refractivity contribution in [3.8, 4) is 0 Å². The van der Waals surface area contributed by atoms with Gasteiger partial charge in [0.2, 0.25) is 0 Å². The lowest BCUT2D eigenvalue weighted by atomic mass is 9.79. The summed E-state index contributed by atoms with van der Waals surface area (Å²) in [7, 11) is 0. The van der Waals surface area contributed by atoms with E-state index in [1.807, 2.05) is 6.92 Å². The molecule has 0 saturated heterocycles. The molecule has 0 rings (SSSR count). The van der Waals surface area contributed by atoms with Crippen molar-refractivity contribution in [2.75, 3.05) is 6.54 Å². The van der Waals surface area contributed by atoms with Gasteiger partial charge in [-0.05, 0) is 13.3 Å². The van der Waals surface area contributed by atoms with E-state index in [0.29, 0.717) is 6.42 Å². The summed E-state index contributed by atoms with van der Waals surface area (Å²) in [4.78, 5) is 10.8. The van der Waals surface area contributed by atoms with Crippen LogP contribution in [0.3, 0.4) is 0 Å². The molecule has 0 aliphatic carbocycles. The fourth-order valence-corrected chi connectivity index (χ4v) is 1.27. The molecule has 3 nitrogen and oxygen atoms in total. The Hall–Kier alpha value is -0.640. The third kappa shape index (κ3) is 1.94. The molecule has 0 amide bonds. The maximum Gasteiger partial charge on any atom is 0.313 e. The molecule has 0 radical (unpaired) electrons. The minimum atomic E-state index is -1.40. The molecule has 12 heavy (non-hydrogen) atoms. The molecule has 0 aromatic rings. The summed E-state index contributed by atoms with van der Waals surface area (Å²) in [5.74, 6) is -1.14. The Labute approximate surface area is 71.8 Å². The van der Waals surface area contributed by atoms with E-state index in [2.05, 4.69) is 0 Å². The molecule has 0 bridgehead atoms. The van der Waals surface area contributed by atoms with Gasteiger partial charge < -0.3 is 10.8 Å². The van der Waals surface area contributed by atoms with Gasteiger partial charge in [-0.15, -0.1) is 0 Å². The number of hydrogen-bond acceptors (Lipinski definition) is 2. The van der Waals surface area contributed by atoms with Crippen LogP contribution in [-0.4, -0.2) is 23.8 Å². The zero-order valence-corrected chi connectivity index (χ0v) is 7.51. The van der Waals surface area contributed by atoms with Gasteiger partial charge in [0.05, 0.1) is 0 Å². The van der Waals surface area contributed by atoms with Crippen molar-refractivity contribution in [2.45, 2.75) is 32.9 Å². The van der Waals surface area contributed by atoms with E-state index in [4.69, 9.17) is 10.8 Å². The minimum Gasteiger partial charge on any atom is -0.481 e. The molecule has 72 valence electrons. The maximum absolute atomic E-state index is 13.0. The van der Waals surface area contributed by atoms with Gasteiger partial charge in [-0.1, -0.05) is 13.3 Å². The number of aliphatic carboxylic acids is 1. The first kappa shape index (κ1) is 11.4. The summed E-state index contributed by atoms with van der Waals surface area (Å²) >= 11 is 0. The van der Waals surface area contributed by atoms with Gasteiger partial charge in [0.15, 0.2) is 0 Å². The van der Waals surface area contributed by atoms with Gasteiger partial charge in [0.25, 0.3) is 0 Å². The van der Waals surface area contributed by atoms with E-state index < -0.39 is 17.6 Å². The van der Waals surface area contributed by atoms with Gasteiger partial charge in [0, 0.05) is 6.54 Å². The average Bonchev–Trinajstić information content (AvgIpc) is 1.98. The third-order valence-electron chi connectivity index (χ3n) is 2.25. The van der Waals surface area contributed by atoms with Crippen molar-refractivity contribution in [2.24, 2.45) is 11.1 Å². The van der Waals surface area contributed by atoms with E-state index in [9.17, 15) is 9.18 Å². The van der Waals surface area contributed by atoms with Crippen molar-refractivity contribution in [3.63, 3.8) is 0 Å². The van der Waals surface area contributed by atoms with Gasteiger partial charge >= 0.3 is 5.97 Å². The van der Waals surface area contributed by atoms with Crippen LogP contribution in [0.4, 0.5) is 4.39 Å². The van der Waals surface area contributed by atoms with Crippen LogP contribution in [0.1, 0.15) is 26.7 Å². The standard InChI is InChI=1S/C8H16FNO2/c1-3-4-8(5-10,6(2)9)7(11)12/h6H,3-5,10H2,1-2H3,(H,11,12). The number of alkyl halides is 1. The smallest absolute Gasteiger partial charge is 0.313 e. The Morgan fingerprint density at radius 3 is 2.33 bits per heavy atom. The lowest BCUT2D eigenvalue weighted by Gasteiger charge is -2.28.